The minimum Gasteiger partial charge on any atom is -0.489 e. The normalized spacial score (nSPS) is 13.5. The van der Waals surface area contributed by atoms with Gasteiger partial charge in [0.05, 0.1) is 23.2 Å². The fraction of sp³-hybridized carbons (Fsp3) is 0.444. The van der Waals surface area contributed by atoms with Gasteiger partial charge in [0.15, 0.2) is 17.5 Å². The summed E-state index contributed by atoms with van der Waals surface area (Å²) >= 11 is 8.06. The van der Waals surface area contributed by atoms with Crippen LogP contribution in [0.4, 0.5) is 0 Å². The minimum atomic E-state index is 0. The molecule has 148 valence electrons. The number of thiazole rings is 1. The molecular formula is C18H24ClIN4O2S. The van der Waals surface area contributed by atoms with Crippen LogP contribution in [0.1, 0.15) is 21.9 Å². The largest absolute Gasteiger partial charge is 0.489 e. The highest BCUT2D eigenvalue weighted by molar-refractivity contribution is 14.0. The van der Waals surface area contributed by atoms with Crippen molar-refractivity contribution < 1.29 is 9.47 Å². The number of ether oxygens (including phenoxy) is 2. The second kappa shape index (κ2) is 10.9. The summed E-state index contributed by atoms with van der Waals surface area (Å²) in [7, 11) is 1.75. The number of rotatable bonds is 5. The maximum absolute atomic E-state index is 6.34. The first-order chi connectivity index (χ1) is 12.7. The van der Waals surface area contributed by atoms with Crippen LogP contribution in [-0.2, 0) is 13.0 Å². The number of nitrogens with one attached hydrogen (secondary N) is 2. The molecule has 1 aromatic heterocycles. The van der Waals surface area contributed by atoms with Crippen molar-refractivity contribution in [3.63, 3.8) is 0 Å². The molecule has 0 saturated carbocycles. The highest BCUT2D eigenvalue weighted by Crippen LogP contribution is 2.37. The van der Waals surface area contributed by atoms with Crippen LogP contribution in [0.3, 0.4) is 0 Å². The van der Waals surface area contributed by atoms with Gasteiger partial charge in [-0.1, -0.05) is 11.6 Å². The van der Waals surface area contributed by atoms with E-state index in [1.807, 2.05) is 18.3 Å². The fourth-order valence-corrected chi connectivity index (χ4v) is 3.67. The van der Waals surface area contributed by atoms with E-state index in [-0.39, 0.29) is 24.0 Å². The van der Waals surface area contributed by atoms with Gasteiger partial charge in [-0.2, -0.15) is 0 Å². The number of guanidine groups is 1. The lowest BCUT2D eigenvalue weighted by atomic mass is 10.2. The Bertz CT molecular complexity index is 785. The van der Waals surface area contributed by atoms with E-state index in [1.54, 1.807) is 18.4 Å². The molecule has 0 amide bonds. The number of hydrogen-bond donors (Lipinski definition) is 2. The van der Waals surface area contributed by atoms with Crippen LogP contribution in [0, 0.1) is 6.92 Å². The van der Waals surface area contributed by atoms with Gasteiger partial charge >= 0.3 is 0 Å². The van der Waals surface area contributed by atoms with Gasteiger partial charge in [-0.25, -0.2) is 4.98 Å². The van der Waals surface area contributed by atoms with Crippen molar-refractivity contribution in [1.29, 1.82) is 0 Å². The van der Waals surface area contributed by atoms with Crippen LogP contribution in [0.5, 0.6) is 11.5 Å². The van der Waals surface area contributed by atoms with E-state index in [9.17, 15) is 0 Å². The van der Waals surface area contributed by atoms with Crippen molar-refractivity contribution >= 4 is 52.9 Å². The van der Waals surface area contributed by atoms with Gasteiger partial charge < -0.3 is 20.1 Å². The monoisotopic (exact) mass is 522 g/mol. The highest BCUT2D eigenvalue weighted by atomic mass is 127. The van der Waals surface area contributed by atoms with Crippen molar-refractivity contribution in [3.8, 4) is 11.5 Å². The topological polar surface area (TPSA) is 67.8 Å². The molecule has 1 aliphatic heterocycles. The second-order valence-electron chi connectivity index (χ2n) is 5.92. The molecular weight excluding hydrogens is 499 g/mol. The van der Waals surface area contributed by atoms with E-state index in [0.29, 0.717) is 36.3 Å². The molecule has 2 aromatic rings. The summed E-state index contributed by atoms with van der Waals surface area (Å²) in [5.74, 6) is 2.07. The van der Waals surface area contributed by atoms with Crippen molar-refractivity contribution in [2.75, 3.05) is 26.8 Å². The maximum atomic E-state index is 6.34. The van der Waals surface area contributed by atoms with Gasteiger partial charge in [0.2, 0.25) is 0 Å². The molecule has 0 atom stereocenters. The number of benzene rings is 1. The molecule has 2 heterocycles. The lowest BCUT2D eigenvalue weighted by Gasteiger charge is -2.14. The van der Waals surface area contributed by atoms with Gasteiger partial charge in [-0.15, -0.1) is 35.3 Å². The van der Waals surface area contributed by atoms with Crippen LogP contribution >= 0.6 is 46.9 Å². The molecule has 2 N–H and O–H groups in total. The molecule has 0 fully saturated rings. The van der Waals surface area contributed by atoms with Gasteiger partial charge in [0.1, 0.15) is 0 Å². The standard InChI is InChI=1S/C18H23ClN4O2S.HI/c1-12-10-22-16(26-12)4-5-21-18(20-2)23-11-13-8-14(19)17-15(9-13)24-6-3-7-25-17;/h8-10H,3-7,11H2,1-2H3,(H2,20,21,23);1H. The molecule has 3 rings (SSSR count). The van der Waals surface area contributed by atoms with E-state index < -0.39 is 0 Å². The lowest BCUT2D eigenvalue weighted by molar-refractivity contribution is 0.297. The van der Waals surface area contributed by atoms with Crippen molar-refractivity contribution in [3.05, 3.63) is 38.8 Å². The summed E-state index contributed by atoms with van der Waals surface area (Å²) in [6.45, 7) is 4.69. The van der Waals surface area contributed by atoms with Crippen molar-refractivity contribution in [1.82, 2.24) is 15.6 Å². The summed E-state index contributed by atoms with van der Waals surface area (Å²) < 4.78 is 11.4. The van der Waals surface area contributed by atoms with Gasteiger partial charge in [0, 0.05) is 44.1 Å². The molecule has 0 saturated heterocycles. The Kier molecular flexibility index (Phi) is 8.91. The summed E-state index contributed by atoms with van der Waals surface area (Å²) in [4.78, 5) is 9.85. The van der Waals surface area contributed by atoms with Crippen LogP contribution in [0.2, 0.25) is 5.02 Å². The minimum absolute atomic E-state index is 0. The Labute approximate surface area is 185 Å². The van der Waals surface area contributed by atoms with E-state index in [1.165, 1.54) is 4.88 Å². The Hall–Kier alpha value is -1.26. The average molecular weight is 523 g/mol. The molecule has 0 bridgehead atoms. The van der Waals surface area contributed by atoms with Crippen molar-refractivity contribution in [2.24, 2.45) is 4.99 Å². The summed E-state index contributed by atoms with van der Waals surface area (Å²) in [5.41, 5.74) is 1.01. The SMILES string of the molecule is CN=C(NCCc1ncc(C)s1)NCc1cc(Cl)c2c(c1)OCCCO2.I. The lowest BCUT2D eigenvalue weighted by Crippen LogP contribution is -2.37. The molecule has 0 unspecified atom stereocenters. The van der Waals surface area contributed by atoms with Gasteiger partial charge in [0.25, 0.3) is 0 Å². The maximum Gasteiger partial charge on any atom is 0.191 e. The van der Waals surface area contributed by atoms with E-state index in [0.717, 1.165) is 35.9 Å². The Morgan fingerprint density at radius 3 is 2.85 bits per heavy atom. The number of nitrogens with zero attached hydrogens (tertiary/aromatic N) is 2. The van der Waals surface area contributed by atoms with Crippen LogP contribution < -0.4 is 20.1 Å². The quantitative estimate of drug-likeness (QED) is 0.355. The molecule has 1 aliphatic rings. The average Bonchev–Trinajstić information content (AvgIpc) is 2.89. The highest BCUT2D eigenvalue weighted by Gasteiger charge is 2.15. The number of fused-ring (bicyclic) bond motifs is 1. The smallest absolute Gasteiger partial charge is 0.191 e. The van der Waals surface area contributed by atoms with Crippen LogP contribution in [0.25, 0.3) is 0 Å². The molecule has 0 aliphatic carbocycles. The molecule has 0 radical (unpaired) electrons. The zero-order valence-electron chi connectivity index (χ0n) is 15.4. The third kappa shape index (κ3) is 6.39. The summed E-state index contributed by atoms with van der Waals surface area (Å²) in [6, 6.07) is 3.86. The Morgan fingerprint density at radius 2 is 2.11 bits per heavy atom. The van der Waals surface area contributed by atoms with E-state index in [4.69, 9.17) is 21.1 Å². The van der Waals surface area contributed by atoms with Gasteiger partial charge in [-0.05, 0) is 24.6 Å². The van der Waals surface area contributed by atoms with E-state index in [2.05, 4.69) is 27.5 Å². The molecule has 1 aromatic carbocycles. The predicted molar refractivity (Wildman–Crippen MR) is 121 cm³/mol. The summed E-state index contributed by atoms with van der Waals surface area (Å²) in [6.07, 6.45) is 3.63. The number of hydrogen-bond acceptors (Lipinski definition) is 5. The molecule has 6 nitrogen and oxygen atoms in total. The molecule has 27 heavy (non-hydrogen) atoms. The zero-order chi connectivity index (χ0) is 18.4. The second-order valence-corrected chi connectivity index (χ2v) is 7.65. The first-order valence-electron chi connectivity index (χ1n) is 8.59. The fourth-order valence-electron chi connectivity index (χ4n) is 2.60. The Morgan fingerprint density at radius 1 is 1.30 bits per heavy atom. The molecule has 9 heteroatoms. The van der Waals surface area contributed by atoms with Gasteiger partial charge in [-0.3, -0.25) is 4.99 Å². The Balaban J connectivity index is 0.00000261. The number of aromatic nitrogens is 1. The third-order valence-corrected chi connectivity index (χ3v) is 5.10. The first kappa shape index (κ1) is 22.0. The molecule has 0 spiro atoms. The predicted octanol–water partition coefficient (Wildman–Crippen LogP) is 3.79. The third-order valence-electron chi connectivity index (χ3n) is 3.85. The van der Waals surface area contributed by atoms with Crippen LogP contribution in [-0.4, -0.2) is 37.7 Å². The van der Waals surface area contributed by atoms with Crippen molar-refractivity contribution in [2.45, 2.75) is 26.3 Å². The van der Waals surface area contributed by atoms with E-state index >= 15 is 0 Å². The number of aliphatic imine (C=N–C) groups is 1. The number of aryl methyl sites for hydroxylation is 1. The number of halogens is 2. The zero-order valence-corrected chi connectivity index (χ0v) is 19.3. The van der Waals surface area contributed by atoms with Crippen LogP contribution in [0.15, 0.2) is 23.3 Å². The first-order valence-corrected chi connectivity index (χ1v) is 9.79. The summed E-state index contributed by atoms with van der Waals surface area (Å²) in [5, 5.41) is 8.29.